The molecule has 2 nitrogen and oxygen atoms in total. The number of hydrogen-bond acceptors (Lipinski definition) is 2. The summed E-state index contributed by atoms with van der Waals surface area (Å²) >= 11 is 0. The lowest BCUT2D eigenvalue weighted by Crippen LogP contribution is -2.19. The standard InChI is InChI=1S/C20H21NO/c1-15(2)14-19(16(3)22)21-20(17-10-6-4-7-11-17)18-12-8-5-9-13-18/h4-13,19H,1,14H2,2-3H3/t19-/m0/s1. The lowest BCUT2D eigenvalue weighted by atomic mass is 10.00. The van der Waals surface area contributed by atoms with Crippen LogP contribution >= 0.6 is 0 Å². The van der Waals surface area contributed by atoms with Crippen molar-refractivity contribution in [3.63, 3.8) is 0 Å². The first-order chi connectivity index (χ1) is 10.6. The van der Waals surface area contributed by atoms with E-state index in [2.05, 4.69) is 6.58 Å². The molecule has 0 aliphatic heterocycles. The number of rotatable bonds is 6. The van der Waals surface area contributed by atoms with Crippen LogP contribution in [0.25, 0.3) is 0 Å². The van der Waals surface area contributed by atoms with E-state index in [9.17, 15) is 4.79 Å². The minimum absolute atomic E-state index is 0.0624. The van der Waals surface area contributed by atoms with E-state index in [1.54, 1.807) is 6.92 Å². The van der Waals surface area contributed by atoms with E-state index in [0.29, 0.717) is 6.42 Å². The van der Waals surface area contributed by atoms with Gasteiger partial charge in [0.2, 0.25) is 0 Å². The minimum Gasteiger partial charge on any atom is -0.298 e. The van der Waals surface area contributed by atoms with Crippen LogP contribution in [0.3, 0.4) is 0 Å². The molecule has 0 bridgehead atoms. The molecule has 2 rings (SSSR count). The zero-order valence-electron chi connectivity index (χ0n) is 13.1. The number of carbonyl (C=O) groups is 1. The lowest BCUT2D eigenvalue weighted by molar-refractivity contribution is -0.118. The monoisotopic (exact) mass is 291 g/mol. The number of aliphatic imine (C=N–C) groups is 1. The van der Waals surface area contributed by atoms with Gasteiger partial charge in [-0.1, -0.05) is 66.2 Å². The van der Waals surface area contributed by atoms with E-state index in [0.717, 1.165) is 22.4 Å². The van der Waals surface area contributed by atoms with Gasteiger partial charge in [-0.2, -0.15) is 0 Å². The smallest absolute Gasteiger partial charge is 0.154 e. The van der Waals surface area contributed by atoms with E-state index in [4.69, 9.17) is 4.99 Å². The van der Waals surface area contributed by atoms with E-state index < -0.39 is 0 Å². The molecule has 0 saturated heterocycles. The van der Waals surface area contributed by atoms with Gasteiger partial charge in [-0.25, -0.2) is 0 Å². The Balaban J connectivity index is 2.50. The summed E-state index contributed by atoms with van der Waals surface area (Å²) in [6.07, 6.45) is 0.582. The fraction of sp³-hybridized carbons (Fsp3) is 0.200. The predicted octanol–water partition coefficient (Wildman–Crippen LogP) is 4.45. The molecule has 2 heteroatoms. The average molecular weight is 291 g/mol. The largest absolute Gasteiger partial charge is 0.298 e. The highest BCUT2D eigenvalue weighted by Gasteiger charge is 2.16. The maximum Gasteiger partial charge on any atom is 0.154 e. The summed E-state index contributed by atoms with van der Waals surface area (Å²) in [6, 6.07) is 19.6. The summed E-state index contributed by atoms with van der Waals surface area (Å²) in [6.45, 7) is 7.42. The SMILES string of the molecule is C=C(C)C[C@H](N=C(c1ccccc1)c1ccccc1)C(C)=O. The van der Waals surface area contributed by atoms with Gasteiger partial charge in [0, 0.05) is 11.1 Å². The van der Waals surface area contributed by atoms with Gasteiger partial charge in [-0.3, -0.25) is 9.79 Å². The van der Waals surface area contributed by atoms with Crippen molar-refractivity contribution >= 4 is 11.5 Å². The maximum absolute atomic E-state index is 11.9. The molecule has 0 aliphatic carbocycles. The summed E-state index contributed by atoms with van der Waals surface area (Å²) in [5, 5.41) is 0. The zero-order chi connectivity index (χ0) is 15.9. The van der Waals surface area contributed by atoms with Gasteiger partial charge >= 0.3 is 0 Å². The van der Waals surface area contributed by atoms with Gasteiger partial charge in [0.1, 0.15) is 6.04 Å². The van der Waals surface area contributed by atoms with Gasteiger partial charge < -0.3 is 0 Å². The van der Waals surface area contributed by atoms with Gasteiger partial charge in [-0.15, -0.1) is 6.58 Å². The van der Waals surface area contributed by atoms with Crippen molar-refractivity contribution in [1.82, 2.24) is 0 Å². The topological polar surface area (TPSA) is 29.4 Å². The fourth-order valence-electron chi connectivity index (χ4n) is 2.27. The Labute approximate surface area is 132 Å². The van der Waals surface area contributed by atoms with Crippen LogP contribution in [0.1, 0.15) is 31.4 Å². The van der Waals surface area contributed by atoms with E-state index >= 15 is 0 Å². The summed E-state index contributed by atoms with van der Waals surface area (Å²) < 4.78 is 0. The number of benzene rings is 2. The highest BCUT2D eigenvalue weighted by Crippen LogP contribution is 2.15. The molecule has 0 aromatic heterocycles. The molecule has 0 saturated carbocycles. The molecular weight excluding hydrogens is 270 g/mol. The Morgan fingerprint density at radius 3 is 1.77 bits per heavy atom. The third-order valence-corrected chi connectivity index (χ3v) is 3.39. The van der Waals surface area contributed by atoms with Crippen LogP contribution < -0.4 is 0 Å². The molecule has 0 aliphatic rings. The first kappa shape index (κ1) is 15.9. The maximum atomic E-state index is 11.9. The average Bonchev–Trinajstić information content (AvgIpc) is 2.52. The second kappa shape index (κ2) is 7.51. The van der Waals surface area contributed by atoms with Gasteiger partial charge in [-0.05, 0) is 20.3 Å². The molecule has 112 valence electrons. The third kappa shape index (κ3) is 4.26. The molecule has 0 unspecified atom stereocenters. The first-order valence-corrected chi connectivity index (χ1v) is 7.41. The Morgan fingerprint density at radius 2 is 1.41 bits per heavy atom. The van der Waals surface area contributed by atoms with Crippen molar-refractivity contribution < 1.29 is 4.79 Å². The molecule has 0 radical (unpaired) electrons. The fourth-order valence-corrected chi connectivity index (χ4v) is 2.27. The van der Waals surface area contributed by atoms with Gasteiger partial charge in [0.05, 0.1) is 5.71 Å². The van der Waals surface area contributed by atoms with Crippen molar-refractivity contribution in [1.29, 1.82) is 0 Å². The van der Waals surface area contributed by atoms with Crippen LogP contribution in [-0.2, 0) is 4.79 Å². The summed E-state index contributed by atoms with van der Waals surface area (Å²) in [5.74, 6) is 0.0624. The highest BCUT2D eigenvalue weighted by atomic mass is 16.1. The van der Waals surface area contributed by atoms with Crippen LogP contribution in [0, 0.1) is 0 Å². The Bertz CT molecular complexity index is 630. The second-order valence-corrected chi connectivity index (χ2v) is 5.50. The van der Waals surface area contributed by atoms with Gasteiger partial charge in [0.25, 0.3) is 0 Å². The van der Waals surface area contributed by atoms with Gasteiger partial charge in [0.15, 0.2) is 5.78 Å². The zero-order valence-corrected chi connectivity index (χ0v) is 13.1. The van der Waals surface area contributed by atoms with Crippen LogP contribution in [0.2, 0.25) is 0 Å². The Kier molecular flexibility index (Phi) is 5.42. The summed E-state index contributed by atoms with van der Waals surface area (Å²) in [5.41, 5.74) is 3.84. The molecular formula is C20H21NO. The first-order valence-electron chi connectivity index (χ1n) is 7.41. The number of Topliss-reactive ketones (excluding diaryl/α,β-unsaturated/α-hetero) is 1. The molecule has 0 spiro atoms. The Hall–Kier alpha value is -2.48. The van der Waals surface area contributed by atoms with Crippen molar-refractivity contribution in [2.24, 2.45) is 4.99 Å². The molecule has 0 heterocycles. The minimum atomic E-state index is -0.382. The number of nitrogens with zero attached hydrogens (tertiary/aromatic N) is 1. The summed E-state index contributed by atoms with van der Waals surface area (Å²) in [7, 11) is 0. The molecule has 22 heavy (non-hydrogen) atoms. The third-order valence-electron chi connectivity index (χ3n) is 3.39. The molecule has 2 aromatic carbocycles. The van der Waals surface area contributed by atoms with Crippen molar-refractivity contribution in [2.45, 2.75) is 26.3 Å². The van der Waals surface area contributed by atoms with Crippen LogP contribution in [-0.4, -0.2) is 17.5 Å². The summed E-state index contributed by atoms with van der Waals surface area (Å²) in [4.78, 5) is 16.7. The quantitative estimate of drug-likeness (QED) is 0.571. The van der Waals surface area contributed by atoms with Crippen LogP contribution in [0.4, 0.5) is 0 Å². The lowest BCUT2D eigenvalue weighted by Gasteiger charge is -2.14. The van der Waals surface area contributed by atoms with E-state index in [1.807, 2.05) is 67.6 Å². The number of ketones is 1. The second-order valence-electron chi connectivity index (χ2n) is 5.50. The van der Waals surface area contributed by atoms with Crippen molar-refractivity contribution in [3.8, 4) is 0 Å². The van der Waals surface area contributed by atoms with Crippen LogP contribution in [0.15, 0.2) is 77.8 Å². The van der Waals surface area contributed by atoms with Crippen molar-refractivity contribution in [2.75, 3.05) is 0 Å². The number of carbonyl (C=O) groups excluding carboxylic acids is 1. The van der Waals surface area contributed by atoms with E-state index in [1.165, 1.54) is 0 Å². The molecule has 0 amide bonds. The molecule has 2 aromatic rings. The Morgan fingerprint density at radius 1 is 0.955 bits per heavy atom. The van der Waals surface area contributed by atoms with Crippen LogP contribution in [0.5, 0.6) is 0 Å². The normalized spacial score (nSPS) is 11.5. The predicted molar refractivity (Wildman–Crippen MR) is 92.4 cm³/mol. The molecule has 0 fully saturated rings. The molecule has 1 atom stereocenters. The number of hydrogen-bond donors (Lipinski definition) is 0. The molecule has 0 N–H and O–H groups in total. The van der Waals surface area contributed by atoms with Crippen molar-refractivity contribution in [3.05, 3.63) is 83.9 Å². The van der Waals surface area contributed by atoms with E-state index in [-0.39, 0.29) is 11.8 Å². The highest BCUT2D eigenvalue weighted by molar-refractivity contribution is 6.13.